The van der Waals surface area contributed by atoms with Crippen LogP contribution in [-0.4, -0.2) is 49.3 Å². The summed E-state index contributed by atoms with van der Waals surface area (Å²) in [5.74, 6) is -0.135. The van der Waals surface area contributed by atoms with Crippen LogP contribution in [0.1, 0.15) is 32.8 Å². The fraction of sp³-hybridized carbons (Fsp3) is 0.407. The van der Waals surface area contributed by atoms with Gasteiger partial charge in [-0.2, -0.15) is 0 Å². The number of methoxy groups -OCH3 is 2. The Balaban J connectivity index is 2.04. The molecule has 8 nitrogen and oxygen atoms in total. The number of halogens is 1. The van der Waals surface area contributed by atoms with Crippen molar-refractivity contribution in [3.8, 4) is 5.75 Å². The second kappa shape index (κ2) is 11.8. The molecule has 0 aliphatic carbocycles. The maximum atomic E-state index is 12.6. The average Bonchev–Trinajstić information content (AvgIpc) is 2.81. The molecule has 0 aromatic heterocycles. The molecule has 3 rings (SSSR count). The van der Waals surface area contributed by atoms with Gasteiger partial charge in [-0.25, -0.2) is 4.79 Å². The number of allylic oxidation sites excluding steroid dienone is 5. The highest BCUT2D eigenvalue weighted by molar-refractivity contribution is 6.35. The number of fused-ring (bicyclic) bond motifs is 4. The first-order chi connectivity index (χ1) is 17.0. The third-order valence-corrected chi connectivity index (χ3v) is 6.54. The highest BCUT2D eigenvalue weighted by atomic mass is 35.5. The summed E-state index contributed by atoms with van der Waals surface area (Å²) < 4.78 is 16.4. The number of nitrogens with one attached hydrogen (secondary N) is 2. The molecule has 1 aromatic carbocycles. The lowest BCUT2D eigenvalue weighted by atomic mass is 9.89. The van der Waals surface area contributed by atoms with Gasteiger partial charge < -0.3 is 24.6 Å². The number of amides is 2. The summed E-state index contributed by atoms with van der Waals surface area (Å²) >= 11 is 6.44. The van der Waals surface area contributed by atoms with Crippen LogP contribution in [0.25, 0.3) is 0 Å². The minimum absolute atomic E-state index is 0.115. The van der Waals surface area contributed by atoms with Crippen molar-refractivity contribution in [2.75, 3.05) is 19.5 Å². The first kappa shape index (κ1) is 27.5. The summed E-state index contributed by atoms with van der Waals surface area (Å²) in [6, 6.07) is 3.64. The smallest absolute Gasteiger partial charge is 0.409 e. The molecule has 0 unspecified atom stereocenters. The third-order valence-electron chi connectivity index (χ3n) is 6.15. The van der Waals surface area contributed by atoms with E-state index in [2.05, 4.69) is 10.6 Å². The molecule has 36 heavy (non-hydrogen) atoms. The van der Waals surface area contributed by atoms with E-state index in [-0.39, 0.29) is 18.2 Å². The number of rotatable bonds is 2. The van der Waals surface area contributed by atoms with E-state index in [0.717, 1.165) is 16.7 Å². The van der Waals surface area contributed by atoms with Crippen molar-refractivity contribution in [1.29, 1.82) is 0 Å². The maximum Gasteiger partial charge on any atom is 0.409 e. The summed E-state index contributed by atoms with van der Waals surface area (Å²) in [7, 11) is 2.99. The van der Waals surface area contributed by atoms with E-state index in [9.17, 15) is 14.7 Å². The number of benzene rings is 1. The highest BCUT2D eigenvalue weighted by Crippen LogP contribution is 2.35. The second-order valence-electron chi connectivity index (χ2n) is 9.18. The van der Waals surface area contributed by atoms with Crippen LogP contribution in [0, 0.1) is 5.92 Å². The number of hydrogen-bond acceptors (Lipinski definition) is 6. The molecular weight excluding hydrogens is 484 g/mol. The van der Waals surface area contributed by atoms with Crippen LogP contribution in [-0.2, 0) is 20.7 Å². The zero-order valence-electron chi connectivity index (χ0n) is 21.1. The molecule has 4 atom stereocenters. The molecule has 2 aliphatic rings. The first-order valence-corrected chi connectivity index (χ1v) is 12.0. The van der Waals surface area contributed by atoms with Crippen LogP contribution in [0.2, 0.25) is 5.02 Å². The van der Waals surface area contributed by atoms with Crippen molar-refractivity contribution in [3.05, 3.63) is 70.3 Å². The molecule has 1 fully saturated rings. The van der Waals surface area contributed by atoms with Gasteiger partial charge in [0.05, 0.1) is 12.8 Å². The van der Waals surface area contributed by atoms with E-state index < -0.39 is 24.0 Å². The van der Waals surface area contributed by atoms with Gasteiger partial charge in [-0.05, 0) is 38.0 Å². The predicted molar refractivity (Wildman–Crippen MR) is 139 cm³/mol. The number of hydrogen-bond donors (Lipinski definition) is 3. The molecule has 4 bridgehead atoms. The summed E-state index contributed by atoms with van der Waals surface area (Å²) in [6.07, 6.45) is 8.86. The van der Waals surface area contributed by atoms with Crippen LogP contribution in [0.4, 0.5) is 10.5 Å². The fourth-order valence-corrected chi connectivity index (χ4v) is 4.55. The van der Waals surface area contributed by atoms with Crippen LogP contribution in [0.3, 0.4) is 0 Å². The Hall–Kier alpha value is -3.07. The van der Waals surface area contributed by atoms with E-state index in [0.29, 0.717) is 22.9 Å². The SMILES string of the molecule is COc1cc2cc(c1Cl)NC(=O)/C=C/C(C)=C/[C@@H](C)[C@H]1C[C@@](O)(NC(=O)O1)[C@H](OC)/C=C/C=C(\C)C2. The topological polar surface area (TPSA) is 106 Å². The first-order valence-electron chi connectivity index (χ1n) is 11.7. The summed E-state index contributed by atoms with van der Waals surface area (Å²) in [5.41, 5.74) is 1.47. The van der Waals surface area contributed by atoms with Crippen molar-refractivity contribution in [2.24, 2.45) is 5.92 Å². The fourth-order valence-electron chi connectivity index (χ4n) is 4.31. The van der Waals surface area contributed by atoms with Crippen LogP contribution in [0.15, 0.2) is 59.7 Å². The van der Waals surface area contributed by atoms with Gasteiger partial charge in [0.15, 0.2) is 5.72 Å². The van der Waals surface area contributed by atoms with E-state index >= 15 is 0 Å². The predicted octanol–water partition coefficient (Wildman–Crippen LogP) is 4.69. The molecule has 0 saturated carbocycles. The molecule has 2 heterocycles. The van der Waals surface area contributed by atoms with Gasteiger partial charge in [0, 0.05) is 25.5 Å². The van der Waals surface area contributed by atoms with Crippen molar-refractivity contribution >= 4 is 29.3 Å². The van der Waals surface area contributed by atoms with Gasteiger partial charge in [0.2, 0.25) is 5.91 Å². The second-order valence-corrected chi connectivity index (χ2v) is 9.56. The molecule has 9 heteroatoms. The van der Waals surface area contributed by atoms with Gasteiger partial charge in [-0.15, -0.1) is 0 Å². The van der Waals surface area contributed by atoms with Crippen molar-refractivity contribution in [3.63, 3.8) is 0 Å². The number of carbonyl (C=O) groups is 2. The Labute approximate surface area is 216 Å². The summed E-state index contributed by atoms with van der Waals surface area (Å²) in [5, 5.41) is 16.9. The van der Waals surface area contributed by atoms with Gasteiger partial charge in [-0.1, -0.05) is 60.1 Å². The lowest BCUT2D eigenvalue weighted by Crippen LogP contribution is -2.63. The quantitative estimate of drug-likeness (QED) is 0.526. The molecule has 1 saturated heterocycles. The normalized spacial score (nSPS) is 32.0. The minimum atomic E-state index is -1.65. The Bertz CT molecular complexity index is 1130. The molecular formula is C27H33ClN2O6. The van der Waals surface area contributed by atoms with Gasteiger partial charge in [0.1, 0.15) is 23.0 Å². The average molecular weight is 517 g/mol. The van der Waals surface area contributed by atoms with E-state index in [4.69, 9.17) is 25.8 Å². The van der Waals surface area contributed by atoms with Crippen molar-refractivity contribution in [2.45, 2.75) is 51.5 Å². The third kappa shape index (κ3) is 6.78. The summed E-state index contributed by atoms with van der Waals surface area (Å²) in [6.45, 7) is 5.67. The highest BCUT2D eigenvalue weighted by Gasteiger charge is 2.45. The van der Waals surface area contributed by atoms with Gasteiger partial charge >= 0.3 is 6.09 Å². The Morgan fingerprint density at radius 3 is 2.64 bits per heavy atom. The molecule has 3 N–H and O–H groups in total. The number of ether oxygens (including phenoxy) is 3. The number of aliphatic hydroxyl groups is 1. The van der Waals surface area contributed by atoms with Gasteiger partial charge in [-0.3, -0.25) is 10.1 Å². The zero-order chi connectivity index (χ0) is 26.5. The van der Waals surface area contributed by atoms with Crippen LogP contribution < -0.4 is 15.4 Å². The van der Waals surface area contributed by atoms with Crippen molar-refractivity contribution < 1.29 is 28.9 Å². The lowest BCUT2D eigenvalue weighted by molar-refractivity contribution is -0.138. The Kier molecular flexibility index (Phi) is 9.00. The zero-order valence-corrected chi connectivity index (χ0v) is 21.9. The van der Waals surface area contributed by atoms with E-state index in [1.54, 1.807) is 18.2 Å². The molecule has 194 valence electrons. The number of carbonyl (C=O) groups excluding carboxylic acids is 2. The molecule has 2 amide bonds. The van der Waals surface area contributed by atoms with Crippen molar-refractivity contribution in [1.82, 2.24) is 5.32 Å². The molecule has 0 spiro atoms. The maximum absolute atomic E-state index is 12.6. The lowest BCUT2D eigenvalue weighted by Gasteiger charge is -2.41. The number of alkyl carbamates (subject to hydrolysis) is 1. The molecule has 2 aliphatic heterocycles. The minimum Gasteiger partial charge on any atom is -0.495 e. The van der Waals surface area contributed by atoms with E-state index in [1.807, 2.05) is 45.1 Å². The monoisotopic (exact) mass is 516 g/mol. The number of anilines is 1. The Morgan fingerprint density at radius 1 is 1.19 bits per heavy atom. The summed E-state index contributed by atoms with van der Waals surface area (Å²) in [4.78, 5) is 24.9. The molecule has 0 radical (unpaired) electrons. The van der Waals surface area contributed by atoms with E-state index in [1.165, 1.54) is 20.3 Å². The molecule has 1 aromatic rings. The standard InChI is InChI=1S/C27H33ClN2O6/c1-16-7-6-8-23(35-5)27(33)15-22(36-26(32)30-27)18(3)11-17(2)9-10-24(31)29-20-13-19(12-16)14-21(34-4)25(20)28/h6-11,13-14,18,22-23,33H,12,15H2,1-5H3,(H,29,31)(H,30,32)/b8-6+,10-9+,16-7+,17-11+/t18-,22-,23-,27+/m1/s1. The van der Waals surface area contributed by atoms with Crippen LogP contribution >= 0.6 is 11.6 Å². The van der Waals surface area contributed by atoms with Gasteiger partial charge in [0.25, 0.3) is 0 Å². The largest absolute Gasteiger partial charge is 0.495 e. The Morgan fingerprint density at radius 2 is 1.94 bits per heavy atom. The van der Waals surface area contributed by atoms with Crippen LogP contribution in [0.5, 0.6) is 5.75 Å².